The molecule has 2 atom stereocenters. The summed E-state index contributed by atoms with van der Waals surface area (Å²) in [5.41, 5.74) is 5.19. The number of aryl methyl sites for hydroxylation is 1. The number of nitro groups is 1. The van der Waals surface area contributed by atoms with E-state index >= 15 is 0 Å². The molecule has 0 unspecified atom stereocenters. The molecule has 3 heterocycles. The molecule has 1 saturated heterocycles. The Morgan fingerprint density at radius 1 is 1.07 bits per heavy atom. The van der Waals surface area contributed by atoms with E-state index < -0.39 is 4.92 Å². The smallest absolute Gasteiger partial charge is 0.271 e. The zero-order chi connectivity index (χ0) is 30.1. The third-order valence-electron chi connectivity index (χ3n) is 7.27. The lowest BCUT2D eigenvalue weighted by Crippen LogP contribution is -2.29. The number of pyridine rings is 1. The van der Waals surface area contributed by atoms with Crippen LogP contribution in [0.5, 0.6) is 11.5 Å². The topological polar surface area (TPSA) is 124 Å². The number of anilines is 2. The Morgan fingerprint density at radius 3 is 2.45 bits per heavy atom. The number of ether oxygens (including phenoxy) is 2. The van der Waals surface area contributed by atoms with E-state index in [4.69, 9.17) is 21.7 Å². The van der Waals surface area contributed by atoms with Crippen molar-refractivity contribution in [2.45, 2.75) is 32.9 Å². The lowest BCUT2D eigenvalue weighted by molar-refractivity contribution is -0.384. The number of hydrogen-bond acceptors (Lipinski definition) is 7. The molecule has 12 heteroatoms. The minimum atomic E-state index is -0.424. The number of thiocarbonyl (C=S) groups is 1. The van der Waals surface area contributed by atoms with Gasteiger partial charge in [-0.25, -0.2) is 0 Å². The van der Waals surface area contributed by atoms with E-state index in [-0.39, 0.29) is 23.7 Å². The molecule has 2 N–H and O–H groups in total. The lowest BCUT2D eigenvalue weighted by Gasteiger charge is -2.29. The molecule has 0 bridgehead atoms. The van der Waals surface area contributed by atoms with Gasteiger partial charge in [0.05, 0.1) is 48.3 Å². The van der Waals surface area contributed by atoms with Crippen LogP contribution in [-0.4, -0.2) is 39.7 Å². The van der Waals surface area contributed by atoms with Gasteiger partial charge in [0.1, 0.15) is 11.5 Å². The van der Waals surface area contributed by atoms with Crippen molar-refractivity contribution in [2.75, 3.05) is 24.4 Å². The SMILES string of the molecule is COc1ccc(N2C(=S)N[C@H](c3ccccn3)[C@@H]2c2cc(C)n(-c3cc([N+](=O)[O-])ccc3OC)c2C)cc1NC(C)=O. The summed E-state index contributed by atoms with van der Waals surface area (Å²) in [6.07, 6.45) is 1.74. The Balaban J connectivity index is 1.71. The summed E-state index contributed by atoms with van der Waals surface area (Å²) in [7, 11) is 3.08. The highest BCUT2D eigenvalue weighted by Crippen LogP contribution is 2.45. The second-order valence-electron chi connectivity index (χ2n) is 9.84. The van der Waals surface area contributed by atoms with Gasteiger partial charge in [-0.2, -0.15) is 0 Å². The minimum Gasteiger partial charge on any atom is -0.495 e. The van der Waals surface area contributed by atoms with Crippen LogP contribution in [0.2, 0.25) is 0 Å². The van der Waals surface area contributed by atoms with Crippen LogP contribution in [0.4, 0.5) is 17.1 Å². The maximum atomic E-state index is 12.0. The quantitative estimate of drug-likeness (QED) is 0.155. The lowest BCUT2D eigenvalue weighted by atomic mass is 9.96. The summed E-state index contributed by atoms with van der Waals surface area (Å²) in [6, 6.07) is 17.1. The van der Waals surface area contributed by atoms with Gasteiger partial charge in [-0.3, -0.25) is 19.9 Å². The molecule has 0 saturated carbocycles. The number of nitrogens with one attached hydrogen (secondary N) is 2. The number of non-ortho nitro benzene ring substituents is 1. The van der Waals surface area contributed by atoms with Crippen molar-refractivity contribution in [2.24, 2.45) is 0 Å². The van der Waals surface area contributed by atoms with Gasteiger partial charge in [0, 0.05) is 42.3 Å². The highest BCUT2D eigenvalue weighted by atomic mass is 32.1. The minimum absolute atomic E-state index is 0.0414. The molecular weight excluding hydrogens is 556 g/mol. The van der Waals surface area contributed by atoms with E-state index in [9.17, 15) is 14.9 Å². The van der Waals surface area contributed by atoms with Crippen LogP contribution in [-0.2, 0) is 4.79 Å². The zero-order valence-electron chi connectivity index (χ0n) is 23.7. The Hall–Kier alpha value is -4.97. The van der Waals surface area contributed by atoms with Crippen molar-refractivity contribution < 1.29 is 19.2 Å². The number of rotatable bonds is 8. The first-order valence-electron chi connectivity index (χ1n) is 13.1. The maximum absolute atomic E-state index is 12.0. The molecule has 1 aliphatic rings. The molecule has 11 nitrogen and oxygen atoms in total. The van der Waals surface area contributed by atoms with Crippen LogP contribution in [0.25, 0.3) is 5.69 Å². The molecular formula is C30H30N6O5S. The van der Waals surface area contributed by atoms with Crippen molar-refractivity contribution in [3.05, 3.63) is 99.6 Å². The average molecular weight is 587 g/mol. The van der Waals surface area contributed by atoms with Gasteiger partial charge in [0.2, 0.25) is 5.91 Å². The fourth-order valence-electron chi connectivity index (χ4n) is 5.51. The van der Waals surface area contributed by atoms with Crippen LogP contribution in [0, 0.1) is 24.0 Å². The van der Waals surface area contributed by atoms with Gasteiger partial charge in [-0.1, -0.05) is 6.07 Å². The zero-order valence-corrected chi connectivity index (χ0v) is 24.6. The van der Waals surface area contributed by atoms with Crippen LogP contribution in [0.3, 0.4) is 0 Å². The van der Waals surface area contributed by atoms with E-state index in [1.165, 1.54) is 26.2 Å². The summed E-state index contributed by atoms with van der Waals surface area (Å²) in [6.45, 7) is 5.34. The van der Waals surface area contributed by atoms with Gasteiger partial charge < -0.3 is 29.6 Å². The van der Waals surface area contributed by atoms with E-state index in [0.29, 0.717) is 28.0 Å². The fourth-order valence-corrected chi connectivity index (χ4v) is 5.85. The summed E-state index contributed by atoms with van der Waals surface area (Å²) in [5, 5.41) is 18.4. The van der Waals surface area contributed by atoms with Crippen molar-refractivity contribution in [3.8, 4) is 17.2 Å². The number of amides is 1. The molecule has 1 aliphatic heterocycles. The van der Waals surface area contributed by atoms with Crippen molar-refractivity contribution in [1.29, 1.82) is 0 Å². The van der Waals surface area contributed by atoms with Gasteiger partial charge >= 0.3 is 0 Å². The van der Waals surface area contributed by atoms with Crippen LogP contribution < -0.4 is 25.0 Å². The van der Waals surface area contributed by atoms with Crippen LogP contribution in [0.1, 0.15) is 41.7 Å². The molecule has 4 aromatic rings. The summed E-state index contributed by atoms with van der Waals surface area (Å²) >= 11 is 5.90. The van der Waals surface area contributed by atoms with Gasteiger partial charge in [-0.15, -0.1) is 0 Å². The number of nitro benzene ring substituents is 1. The molecule has 2 aromatic carbocycles. The predicted molar refractivity (Wildman–Crippen MR) is 164 cm³/mol. The van der Waals surface area contributed by atoms with Gasteiger partial charge in [0.15, 0.2) is 5.11 Å². The molecule has 2 aromatic heterocycles. The Morgan fingerprint density at radius 2 is 1.81 bits per heavy atom. The monoisotopic (exact) mass is 586 g/mol. The largest absolute Gasteiger partial charge is 0.495 e. The number of carbonyl (C=O) groups excluding carboxylic acids is 1. The summed E-state index contributed by atoms with van der Waals surface area (Å²) < 4.78 is 13.0. The van der Waals surface area contributed by atoms with Gasteiger partial charge in [-0.05, 0) is 74.1 Å². The van der Waals surface area contributed by atoms with E-state index in [0.717, 1.165) is 28.3 Å². The highest BCUT2D eigenvalue weighted by molar-refractivity contribution is 7.80. The van der Waals surface area contributed by atoms with E-state index in [2.05, 4.69) is 21.7 Å². The Labute approximate surface area is 248 Å². The van der Waals surface area contributed by atoms with Gasteiger partial charge in [0.25, 0.3) is 5.69 Å². The number of methoxy groups -OCH3 is 2. The number of benzene rings is 2. The molecule has 1 fully saturated rings. The number of hydrogen-bond donors (Lipinski definition) is 2. The first-order valence-corrected chi connectivity index (χ1v) is 13.5. The Kier molecular flexibility index (Phi) is 7.81. The molecule has 42 heavy (non-hydrogen) atoms. The van der Waals surface area contributed by atoms with Crippen molar-refractivity contribution >= 4 is 40.3 Å². The molecule has 0 radical (unpaired) electrons. The van der Waals surface area contributed by atoms with Crippen molar-refractivity contribution in [1.82, 2.24) is 14.9 Å². The molecule has 0 aliphatic carbocycles. The third kappa shape index (κ3) is 5.12. The maximum Gasteiger partial charge on any atom is 0.271 e. The summed E-state index contributed by atoms with van der Waals surface area (Å²) in [5.74, 6) is 0.785. The first kappa shape index (κ1) is 28.6. The Bertz CT molecular complexity index is 1690. The highest BCUT2D eigenvalue weighted by Gasteiger charge is 2.42. The second-order valence-corrected chi connectivity index (χ2v) is 10.2. The predicted octanol–water partition coefficient (Wildman–Crippen LogP) is 5.55. The summed E-state index contributed by atoms with van der Waals surface area (Å²) in [4.78, 5) is 29.8. The normalized spacial score (nSPS) is 16.2. The second kappa shape index (κ2) is 11.5. The van der Waals surface area contributed by atoms with Crippen molar-refractivity contribution in [3.63, 3.8) is 0 Å². The standard InChI is InChI=1S/C30H30N6O5S/c1-17-14-22(18(2)34(17)25-16-21(36(38)39)10-12-27(25)41-5)29-28(23-8-6-7-13-31-23)33-30(42)35(29)20-9-11-26(40-4)24(15-20)32-19(3)37/h6-16,28-29H,1-5H3,(H,32,37)(H,33,42)/t28-,29+/m1/s1. The molecule has 216 valence electrons. The number of nitrogens with zero attached hydrogens (tertiary/aromatic N) is 4. The fraction of sp³-hybridized carbons (Fsp3) is 0.233. The van der Waals surface area contributed by atoms with E-state index in [1.807, 2.05) is 53.6 Å². The number of carbonyl (C=O) groups is 1. The van der Waals surface area contributed by atoms with Crippen LogP contribution in [0.15, 0.2) is 66.9 Å². The molecule has 0 spiro atoms. The molecule has 5 rings (SSSR count). The number of aromatic nitrogens is 2. The average Bonchev–Trinajstić information content (AvgIpc) is 3.47. The third-order valence-corrected chi connectivity index (χ3v) is 7.59. The first-order chi connectivity index (χ1) is 20.1. The molecule has 1 amide bonds. The van der Waals surface area contributed by atoms with Crippen LogP contribution >= 0.6 is 12.2 Å². The van der Waals surface area contributed by atoms with E-state index in [1.54, 1.807) is 25.4 Å².